The van der Waals surface area contributed by atoms with Crippen molar-refractivity contribution in [3.8, 4) is 23.7 Å². The van der Waals surface area contributed by atoms with Crippen molar-refractivity contribution in [1.29, 1.82) is 0 Å². The predicted octanol–water partition coefficient (Wildman–Crippen LogP) is -0.242. The van der Waals surface area contributed by atoms with Crippen LogP contribution in [-0.4, -0.2) is 23.4 Å². The van der Waals surface area contributed by atoms with Crippen molar-refractivity contribution in [3.63, 3.8) is 0 Å². The quantitative estimate of drug-likeness (QED) is 0.388. The van der Waals surface area contributed by atoms with Crippen LogP contribution in [0.25, 0.3) is 0 Å². The van der Waals surface area contributed by atoms with E-state index in [2.05, 4.69) is 23.7 Å². The molecule has 0 atom stereocenters. The van der Waals surface area contributed by atoms with Crippen LogP contribution >= 0.6 is 0 Å². The van der Waals surface area contributed by atoms with Crippen molar-refractivity contribution in [3.05, 3.63) is 0 Å². The molecule has 0 bridgehead atoms. The number of unbranched alkanes of at least 4 members (excludes halogenated alkanes) is 1. The molecule has 0 aliphatic rings. The molecule has 10 heavy (non-hydrogen) atoms. The van der Waals surface area contributed by atoms with Gasteiger partial charge in [0.05, 0.1) is 0 Å². The average molecular weight is 138 g/mol. The van der Waals surface area contributed by atoms with E-state index in [9.17, 15) is 0 Å². The molecule has 0 aliphatic carbocycles. The largest absolute Gasteiger partial charge is 0.384 e. The van der Waals surface area contributed by atoms with Gasteiger partial charge in [0, 0.05) is 12.8 Å². The van der Waals surface area contributed by atoms with E-state index in [0.29, 0.717) is 12.8 Å². The minimum Gasteiger partial charge on any atom is -0.384 e. The summed E-state index contributed by atoms with van der Waals surface area (Å²) in [6.07, 6.45) is 1.32. The van der Waals surface area contributed by atoms with Crippen LogP contribution in [0.1, 0.15) is 12.8 Å². The summed E-state index contributed by atoms with van der Waals surface area (Å²) < 4.78 is 0. The highest BCUT2D eigenvalue weighted by atomic mass is 16.3. The molecule has 2 nitrogen and oxygen atoms in total. The molecule has 0 aromatic heterocycles. The number of hydrogen-bond acceptors (Lipinski definition) is 2. The van der Waals surface area contributed by atoms with Gasteiger partial charge in [0.2, 0.25) is 0 Å². The maximum atomic E-state index is 8.22. The maximum Gasteiger partial charge on any atom is 0.104 e. The topological polar surface area (TPSA) is 40.5 Å². The Kier molecular flexibility index (Phi) is 7.27. The Labute approximate surface area is 60.9 Å². The van der Waals surface area contributed by atoms with Crippen LogP contribution in [-0.2, 0) is 0 Å². The summed E-state index contributed by atoms with van der Waals surface area (Å²) in [5, 5.41) is 16.4. The summed E-state index contributed by atoms with van der Waals surface area (Å²) in [7, 11) is 0. The molecule has 0 fully saturated rings. The number of aliphatic hydroxyl groups excluding tert-OH is 2. The number of aliphatic hydroxyl groups is 2. The van der Waals surface area contributed by atoms with Crippen molar-refractivity contribution in [2.75, 3.05) is 13.2 Å². The lowest BCUT2D eigenvalue weighted by Crippen LogP contribution is -1.74. The Morgan fingerprint density at radius 3 is 1.40 bits per heavy atom. The first-order valence-corrected chi connectivity index (χ1v) is 3.05. The lowest BCUT2D eigenvalue weighted by molar-refractivity contribution is 0.350. The minimum atomic E-state index is -0.0899. The molecule has 0 aromatic rings. The van der Waals surface area contributed by atoms with Gasteiger partial charge < -0.3 is 10.2 Å². The first-order valence-electron chi connectivity index (χ1n) is 3.05. The molecule has 0 radical (unpaired) electrons. The molecule has 0 spiro atoms. The Morgan fingerprint density at radius 2 is 1.10 bits per heavy atom. The van der Waals surface area contributed by atoms with Crippen LogP contribution in [0.3, 0.4) is 0 Å². The van der Waals surface area contributed by atoms with Crippen LogP contribution < -0.4 is 0 Å². The fourth-order valence-corrected chi connectivity index (χ4v) is 0.414. The van der Waals surface area contributed by atoms with E-state index in [1.165, 1.54) is 0 Å². The summed E-state index contributed by atoms with van der Waals surface area (Å²) in [5.41, 5.74) is 0. The first-order chi connectivity index (χ1) is 4.91. The summed E-state index contributed by atoms with van der Waals surface area (Å²) in [5.74, 6) is 10.4. The first kappa shape index (κ1) is 9.04. The van der Waals surface area contributed by atoms with Crippen molar-refractivity contribution in [1.82, 2.24) is 0 Å². The van der Waals surface area contributed by atoms with Crippen molar-refractivity contribution in [2.45, 2.75) is 12.8 Å². The molecule has 0 aromatic carbocycles. The number of hydrogen-bond donors (Lipinski definition) is 2. The van der Waals surface area contributed by atoms with E-state index in [-0.39, 0.29) is 13.2 Å². The normalized spacial score (nSPS) is 7.00. The van der Waals surface area contributed by atoms with Gasteiger partial charge in [-0.15, -0.1) is 0 Å². The van der Waals surface area contributed by atoms with Crippen molar-refractivity contribution in [2.24, 2.45) is 0 Å². The zero-order chi connectivity index (χ0) is 7.66. The third-order valence-corrected chi connectivity index (χ3v) is 0.783. The van der Waals surface area contributed by atoms with Crippen molar-refractivity contribution >= 4 is 0 Å². The molecule has 0 saturated heterocycles. The van der Waals surface area contributed by atoms with Gasteiger partial charge in [-0.25, -0.2) is 0 Å². The highest BCUT2D eigenvalue weighted by Crippen LogP contribution is 1.81. The van der Waals surface area contributed by atoms with Gasteiger partial charge in [-0.1, -0.05) is 23.7 Å². The highest BCUT2D eigenvalue weighted by molar-refractivity contribution is 5.05. The molecular formula is C8H10O2. The SMILES string of the molecule is OCC#CCCC#CCO. The Balaban J connectivity index is 3.20. The van der Waals surface area contributed by atoms with Crippen LogP contribution in [0.2, 0.25) is 0 Å². The summed E-state index contributed by atoms with van der Waals surface area (Å²) in [6, 6.07) is 0. The summed E-state index contributed by atoms with van der Waals surface area (Å²) >= 11 is 0. The van der Waals surface area contributed by atoms with Crippen LogP contribution in [0, 0.1) is 23.7 Å². The van der Waals surface area contributed by atoms with Gasteiger partial charge >= 0.3 is 0 Å². The summed E-state index contributed by atoms with van der Waals surface area (Å²) in [4.78, 5) is 0. The second-order valence-corrected chi connectivity index (χ2v) is 1.52. The van der Waals surface area contributed by atoms with E-state index in [0.717, 1.165) is 0 Å². The third kappa shape index (κ3) is 7.04. The van der Waals surface area contributed by atoms with Crippen LogP contribution in [0.4, 0.5) is 0 Å². The molecule has 0 heterocycles. The maximum absolute atomic E-state index is 8.22. The second-order valence-electron chi connectivity index (χ2n) is 1.52. The average Bonchev–Trinajstić information content (AvgIpc) is 1.97. The molecule has 2 N–H and O–H groups in total. The Hall–Kier alpha value is -0.960. The van der Waals surface area contributed by atoms with Gasteiger partial charge in [-0.05, 0) is 0 Å². The van der Waals surface area contributed by atoms with E-state index in [1.807, 2.05) is 0 Å². The molecule has 0 aliphatic heterocycles. The van der Waals surface area contributed by atoms with E-state index in [1.54, 1.807) is 0 Å². The summed E-state index contributed by atoms with van der Waals surface area (Å²) in [6.45, 7) is -0.180. The Bertz CT molecular complexity index is 153. The van der Waals surface area contributed by atoms with E-state index >= 15 is 0 Å². The monoisotopic (exact) mass is 138 g/mol. The molecule has 0 unspecified atom stereocenters. The minimum absolute atomic E-state index is 0.0899. The fraction of sp³-hybridized carbons (Fsp3) is 0.500. The van der Waals surface area contributed by atoms with Gasteiger partial charge in [0.15, 0.2) is 0 Å². The van der Waals surface area contributed by atoms with Gasteiger partial charge in [-0.2, -0.15) is 0 Å². The van der Waals surface area contributed by atoms with E-state index in [4.69, 9.17) is 10.2 Å². The van der Waals surface area contributed by atoms with Gasteiger partial charge in [0.25, 0.3) is 0 Å². The molecule has 0 rings (SSSR count). The van der Waals surface area contributed by atoms with Gasteiger partial charge in [-0.3, -0.25) is 0 Å². The standard InChI is InChI=1S/C8H10O2/c9-7-5-3-1-2-4-6-8-10/h9-10H,1-2,7-8H2. The lowest BCUT2D eigenvalue weighted by Gasteiger charge is -1.77. The molecule has 0 saturated carbocycles. The molecule has 2 heteroatoms. The lowest BCUT2D eigenvalue weighted by atomic mass is 10.3. The van der Waals surface area contributed by atoms with Crippen LogP contribution in [0.5, 0.6) is 0 Å². The van der Waals surface area contributed by atoms with Crippen LogP contribution in [0.15, 0.2) is 0 Å². The van der Waals surface area contributed by atoms with E-state index < -0.39 is 0 Å². The zero-order valence-corrected chi connectivity index (χ0v) is 5.72. The zero-order valence-electron chi connectivity index (χ0n) is 5.72. The molecule has 0 amide bonds. The smallest absolute Gasteiger partial charge is 0.104 e. The molecular weight excluding hydrogens is 128 g/mol. The third-order valence-electron chi connectivity index (χ3n) is 0.783. The highest BCUT2D eigenvalue weighted by Gasteiger charge is 1.72. The molecule has 54 valence electrons. The van der Waals surface area contributed by atoms with Gasteiger partial charge in [0.1, 0.15) is 13.2 Å². The second kappa shape index (κ2) is 8.04. The fourth-order valence-electron chi connectivity index (χ4n) is 0.414. The Morgan fingerprint density at radius 1 is 0.700 bits per heavy atom. The predicted molar refractivity (Wildman–Crippen MR) is 39.0 cm³/mol. The number of rotatable bonds is 1. The van der Waals surface area contributed by atoms with Crippen molar-refractivity contribution < 1.29 is 10.2 Å².